The third kappa shape index (κ3) is 5.83. The van der Waals surface area contributed by atoms with E-state index in [1.165, 1.54) is 0 Å². The molecular weight excluding hydrogens is 230 g/mol. The van der Waals surface area contributed by atoms with Crippen molar-refractivity contribution < 1.29 is 14.6 Å². The van der Waals surface area contributed by atoms with Crippen molar-refractivity contribution in [2.45, 2.75) is 64.6 Å². The van der Waals surface area contributed by atoms with Gasteiger partial charge in [-0.2, -0.15) is 0 Å². The molecule has 1 amide bonds. The molecule has 1 fully saturated rings. The average Bonchev–Trinajstić information content (AvgIpc) is 2.27. The summed E-state index contributed by atoms with van der Waals surface area (Å²) >= 11 is 0. The molecule has 1 aliphatic rings. The first-order valence-corrected chi connectivity index (χ1v) is 6.83. The van der Waals surface area contributed by atoms with Gasteiger partial charge in [0.2, 0.25) is 5.91 Å². The maximum Gasteiger partial charge on any atom is 0.246 e. The summed E-state index contributed by atoms with van der Waals surface area (Å²) in [4.78, 5) is 11.6. The lowest BCUT2D eigenvalue weighted by atomic mass is 9.79. The second kappa shape index (κ2) is 6.02. The molecule has 106 valence electrons. The van der Waals surface area contributed by atoms with Crippen molar-refractivity contribution in [3.8, 4) is 0 Å². The van der Waals surface area contributed by atoms with Crippen LogP contribution in [-0.4, -0.2) is 35.4 Å². The molecule has 0 bridgehead atoms. The van der Waals surface area contributed by atoms with Crippen molar-refractivity contribution in [3.63, 3.8) is 0 Å². The van der Waals surface area contributed by atoms with E-state index in [4.69, 9.17) is 4.74 Å². The van der Waals surface area contributed by atoms with E-state index >= 15 is 0 Å². The summed E-state index contributed by atoms with van der Waals surface area (Å²) in [5.41, 5.74) is -1.03. The number of ether oxygens (including phenoxy) is 1. The van der Waals surface area contributed by atoms with Gasteiger partial charge in [-0.25, -0.2) is 0 Å². The Bertz CT molecular complexity index is 275. The van der Waals surface area contributed by atoms with E-state index in [1.54, 1.807) is 0 Å². The second-order valence-corrected chi connectivity index (χ2v) is 6.58. The standard InChI is InChI=1S/C14H27NO3/c1-11-5-7-14(17,8-6-11)10-15-12(16)9-18-13(2,3)4/h11,17H,5-10H2,1-4H3,(H,15,16). The highest BCUT2D eigenvalue weighted by molar-refractivity contribution is 5.77. The zero-order valence-electron chi connectivity index (χ0n) is 12.1. The van der Waals surface area contributed by atoms with Crippen LogP contribution in [0.4, 0.5) is 0 Å². The van der Waals surface area contributed by atoms with Crippen LogP contribution in [0.15, 0.2) is 0 Å². The molecular formula is C14H27NO3. The Balaban J connectivity index is 2.25. The van der Waals surface area contributed by atoms with Crippen LogP contribution in [0.2, 0.25) is 0 Å². The summed E-state index contributed by atoms with van der Waals surface area (Å²) in [6, 6.07) is 0. The van der Waals surface area contributed by atoms with Crippen molar-refractivity contribution >= 4 is 5.91 Å². The van der Waals surface area contributed by atoms with Gasteiger partial charge in [-0.3, -0.25) is 4.79 Å². The molecule has 0 aromatic rings. The predicted molar refractivity (Wildman–Crippen MR) is 71.3 cm³/mol. The van der Waals surface area contributed by atoms with Crippen LogP contribution in [0.5, 0.6) is 0 Å². The number of nitrogens with one attached hydrogen (secondary N) is 1. The Hall–Kier alpha value is -0.610. The molecule has 4 heteroatoms. The Labute approximate surface area is 110 Å². The minimum atomic E-state index is -0.718. The van der Waals surface area contributed by atoms with Crippen LogP contribution >= 0.6 is 0 Å². The van der Waals surface area contributed by atoms with E-state index in [0.29, 0.717) is 12.5 Å². The fourth-order valence-corrected chi connectivity index (χ4v) is 2.07. The van der Waals surface area contributed by atoms with Crippen LogP contribution < -0.4 is 5.32 Å². The quantitative estimate of drug-likeness (QED) is 0.808. The zero-order valence-corrected chi connectivity index (χ0v) is 12.1. The fourth-order valence-electron chi connectivity index (χ4n) is 2.07. The van der Waals surface area contributed by atoms with E-state index in [0.717, 1.165) is 25.7 Å². The summed E-state index contributed by atoms with van der Waals surface area (Å²) < 4.78 is 5.39. The molecule has 1 aliphatic carbocycles. The van der Waals surface area contributed by atoms with Crippen LogP contribution in [0.3, 0.4) is 0 Å². The minimum Gasteiger partial charge on any atom is -0.388 e. The molecule has 4 nitrogen and oxygen atoms in total. The molecule has 0 heterocycles. The van der Waals surface area contributed by atoms with Gasteiger partial charge in [0.1, 0.15) is 6.61 Å². The van der Waals surface area contributed by atoms with Crippen LogP contribution in [0.1, 0.15) is 53.4 Å². The van der Waals surface area contributed by atoms with Gasteiger partial charge < -0.3 is 15.2 Å². The first kappa shape index (κ1) is 15.4. The molecule has 0 spiro atoms. The molecule has 1 rings (SSSR count). The topological polar surface area (TPSA) is 58.6 Å². The maximum atomic E-state index is 11.6. The van der Waals surface area contributed by atoms with Crippen molar-refractivity contribution in [2.24, 2.45) is 5.92 Å². The lowest BCUT2D eigenvalue weighted by Gasteiger charge is -2.35. The predicted octanol–water partition coefficient (Wildman–Crippen LogP) is 1.86. The van der Waals surface area contributed by atoms with E-state index in [9.17, 15) is 9.90 Å². The van der Waals surface area contributed by atoms with Crippen LogP contribution in [0.25, 0.3) is 0 Å². The van der Waals surface area contributed by atoms with Crippen molar-refractivity contribution in [1.82, 2.24) is 5.32 Å². The molecule has 0 unspecified atom stereocenters. The number of rotatable bonds is 4. The molecule has 0 aromatic heterocycles. The van der Waals surface area contributed by atoms with Gasteiger partial charge in [-0.1, -0.05) is 6.92 Å². The van der Waals surface area contributed by atoms with Gasteiger partial charge in [-0.05, 0) is 52.4 Å². The molecule has 0 aromatic carbocycles. The van der Waals surface area contributed by atoms with E-state index in [-0.39, 0.29) is 18.1 Å². The number of aliphatic hydroxyl groups is 1. The fraction of sp³-hybridized carbons (Fsp3) is 0.929. The molecule has 2 N–H and O–H groups in total. The van der Waals surface area contributed by atoms with Gasteiger partial charge in [0.15, 0.2) is 0 Å². The molecule has 0 saturated heterocycles. The lowest BCUT2D eigenvalue weighted by Crippen LogP contribution is -2.46. The number of hydrogen-bond acceptors (Lipinski definition) is 3. The summed E-state index contributed by atoms with van der Waals surface area (Å²) in [7, 11) is 0. The number of hydrogen-bond donors (Lipinski definition) is 2. The molecule has 0 atom stereocenters. The smallest absolute Gasteiger partial charge is 0.246 e. The normalized spacial score (nSPS) is 29.1. The van der Waals surface area contributed by atoms with Gasteiger partial charge in [0, 0.05) is 6.54 Å². The van der Waals surface area contributed by atoms with E-state index in [2.05, 4.69) is 12.2 Å². The summed E-state index contributed by atoms with van der Waals surface area (Å²) in [6.45, 7) is 8.33. The Morgan fingerprint density at radius 2 is 1.94 bits per heavy atom. The molecule has 0 aliphatic heterocycles. The maximum absolute atomic E-state index is 11.6. The van der Waals surface area contributed by atoms with Gasteiger partial charge >= 0.3 is 0 Å². The van der Waals surface area contributed by atoms with Crippen LogP contribution in [-0.2, 0) is 9.53 Å². The summed E-state index contributed by atoms with van der Waals surface area (Å²) in [5, 5.41) is 13.1. The Kier molecular flexibility index (Phi) is 5.17. The van der Waals surface area contributed by atoms with Crippen molar-refractivity contribution in [3.05, 3.63) is 0 Å². The lowest BCUT2D eigenvalue weighted by molar-refractivity contribution is -0.132. The SMILES string of the molecule is CC1CCC(O)(CNC(=O)COC(C)(C)C)CC1. The summed E-state index contributed by atoms with van der Waals surface area (Å²) in [6.07, 6.45) is 3.61. The Morgan fingerprint density at radius 1 is 1.39 bits per heavy atom. The zero-order chi connectivity index (χ0) is 13.8. The monoisotopic (exact) mass is 257 g/mol. The van der Waals surface area contributed by atoms with Crippen LogP contribution in [0, 0.1) is 5.92 Å². The van der Waals surface area contributed by atoms with Gasteiger partial charge in [0.25, 0.3) is 0 Å². The molecule has 0 radical (unpaired) electrons. The number of amides is 1. The largest absolute Gasteiger partial charge is 0.388 e. The van der Waals surface area contributed by atoms with Crippen molar-refractivity contribution in [1.29, 1.82) is 0 Å². The van der Waals surface area contributed by atoms with E-state index < -0.39 is 5.60 Å². The summed E-state index contributed by atoms with van der Waals surface area (Å²) in [5.74, 6) is 0.530. The molecule has 18 heavy (non-hydrogen) atoms. The average molecular weight is 257 g/mol. The second-order valence-electron chi connectivity index (χ2n) is 6.58. The highest BCUT2D eigenvalue weighted by atomic mass is 16.5. The van der Waals surface area contributed by atoms with Crippen molar-refractivity contribution in [2.75, 3.05) is 13.2 Å². The minimum absolute atomic E-state index is 0.0516. The first-order chi connectivity index (χ1) is 8.20. The first-order valence-electron chi connectivity index (χ1n) is 6.83. The Morgan fingerprint density at radius 3 is 2.44 bits per heavy atom. The highest BCUT2D eigenvalue weighted by Crippen LogP contribution is 2.31. The third-order valence-corrected chi connectivity index (χ3v) is 3.46. The third-order valence-electron chi connectivity index (χ3n) is 3.46. The van der Waals surface area contributed by atoms with Gasteiger partial charge in [-0.15, -0.1) is 0 Å². The highest BCUT2D eigenvalue weighted by Gasteiger charge is 2.32. The molecule has 1 saturated carbocycles. The van der Waals surface area contributed by atoms with E-state index in [1.807, 2.05) is 20.8 Å². The number of carbonyl (C=O) groups excluding carboxylic acids is 1. The number of carbonyl (C=O) groups is 1. The van der Waals surface area contributed by atoms with Gasteiger partial charge in [0.05, 0.1) is 11.2 Å².